The molecule has 108 valence electrons. The van der Waals surface area contributed by atoms with Gasteiger partial charge in [-0.2, -0.15) is 5.10 Å². The Bertz CT molecular complexity index is 400. The quantitative estimate of drug-likeness (QED) is 0.823. The number of ether oxygens (including phenoxy) is 1. The predicted octanol–water partition coefficient (Wildman–Crippen LogP) is 2.59. The highest BCUT2D eigenvalue weighted by atomic mass is 16.5. The second-order valence-electron chi connectivity index (χ2n) is 5.98. The summed E-state index contributed by atoms with van der Waals surface area (Å²) < 4.78 is 7.86. The summed E-state index contributed by atoms with van der Waals surface area (Å²) in [7, 11) is 0. The zero-order chi connectivity index (χ0) is 13.9. The molecule has 0 radical (unpaired) electrons. The number of hydrogen-bond donors (Lipinski definition) is 1. The van der Waals surface area contributed by atoms with Crippen LogP contribution in [-0.2, 0) is 17.8 Å². The van der Waals surface area contributed by atoms with Crippen molar-refractivity contribution >= 4 is 0 Å². The van der Waals surface area contributed by atoms with Crippen molar-refractivity contribution < 1.29 is 4.74 Å². The molecule has 1 fully saturated rings. The smallest absolute Gasteiger partial charge is 0.0655 e. The van der Waals surface area contributed by atoms with Crippen LogP contribution >= 0.6 is 0 Å². The van der Waals surface area contributed by atoms with Gasteiger partial charge in [-0.05, 0) is 25.8 Å². The summed E-state index contributed by atoms with van der Waals surface area (Å²) >= 11 is 0. The molecule has 19 heavy (non-hydrogen) atoms. The second-order valence-corrected chi connectivity index (χ2v) is 5.98. The number of nitrogens with zero attached hydrogens (tertiary/aromatic N) is 2. The summed E-state index contributed by atoms with van der Waals surface area (Å²) in [4.78, 5) is 0. The fraction of sp³-hybridized carbons (Fsp3) is 0.800. The molecule has 4 heteroatoms. The van der Waals surface area contributed by atoms with Crippen molar-refractivity contribution in [1.82, 2.24) is 15.1 Å². The molecule has 1 aromatic rings. The molecule has 4 nitrogen and oxygen atoms in total. The van der Waals surface area contributed by atoms with Gasteiger partial charge in [0.15, 0.2) is 0 Å². The van der Waals surface area contributed by atoms with E-state index in [-0.39, 0.29) is 5.41 Å². The average molecular weight is 265 g/mol. The van der Waals surface area contributed by atoms with E-state index in [1.165, 1.54) is 5.69 Å². The highest BCUT2D eigenvalue weighted by molar-refractivity contribution is 5.06. The van der Waals surface area contributed by atoms with Crippen LogP contribution in [-0.4, -0.2) is 28.5 Å². The molecule has 0 aromatic carbocycles. The summed E-state index contributed by atoms with van der Waals surface area (Å²) in [6.45, 7) is 11.5. The summed E-state index contributed by atoms with van der Waals surface area (Å²) in [6.07, 6.45) is 4.52. The first kappa shape index (κ1) is 14.5. The molecule has 2 unspecified atom stereocenters. The van der Waals surface area contributed by atoms with E-state index in [1.54, 1.807) is 0 Å². The Morgan fingerprint density at radius 2 is 2.26 bits per heavy atom. The molecular formula is C15H27N3O. The number of nitrogens with one attached hydrogen (secondary N) is 1. The Morgan fingerprint density at radius 3 is 2.89 bits per heavy atom. The third-order valence-corrected chi connectivity index (χ3v) is 4.32. The van der Waals surface area contributed by atoms with Crippen LogP contribution in [0.1, 0.15) is 46.2 Å². The van der Waals surface area contributed by atoms with Crippen molar-refractivity contribution in [2.45, 2.75) is 65.8 Å². The largest absolute Gasteiger partial charge is 0.378 e. The Labute approximate surface area is 116 Å². The maximum atomic E-state index is 5.77. The van der Waals surface area contributed by atoms with E-state index in [0.717, 1.165) is 32.5 Å². The molecule has 1 aromatic heterocycles. The maximum absolute atomic E-state index is 5.77. The lowest BCUT2D eigenvalue weighted by molar-refractivity contribution is -0.114. The summed E-state index contributed by atoms with van der Waals surface area (Å²) in [5, 5.41) is 8.02. The topological polar surface area (TPSA) is 39.1 Å². The zero-order valence-electron chi connectivity index (χ0n) is 12.6. The first-order valence-corrected chi connectivity index (χ1v) is 7.45. The lowest BCUT2D eigenvalue weighted by atomic mass is 9.64. The van der Waals surface area contributed by atoms with Crippen LogP contribution in [0.25, 0.3) is 0 Å². The van der Waals surface area contributed by atoms with Gasteiger partial charge in [0, 0.05) is 37.4 Å². The fourth-order valence-electron chi connectivity index (χ4n) is 2.87. The third-order valence-electron chi connectivity index (χ3n) is 4.32. The SMILES string of the molecule is CCCn1nccc1CNC1CC(OCC)C1(C)C. The lowest BCUT2D eigenvalue weighted by Crippen LogP contribution is -2.60. The minimum Gasteiger partial charge on any atom is -0.378 e. The molecule has 1 aliphatic rings. The van der Waals surface area contributed by atoms with Crippen molar-refractivity contribution in [2.24, 2.45) is 5.41 Å². The van der Waals surface area contributed by atoms with Gasteiger partial charge in [-0.25, -0.2) is 0 Å². The first-order valence-electron chi connectivity index (χ1n) is 7.45. The summed E-state index contributed by atoms with van der Waals surface area (Å²) in [5.74, 6) is 0. The number of hydrogen-bond acceptors (Lipinski definition) is 3. The number of aromatic nitrogens is 2. The number of aryl methyl sites for hydroxylation is 1. The van der Waals surface area contributed by atoms with E-state index < -0.39 is 0 Å². The third kappa shape index (κ3) is 3.00. The molecule has 1 saturated carbocycles. The van der Waals surface area contributed by atoms with Crippen LogP contribution in [0.2, 0.25) is 0 Å². The molecule has 0 bridgehead atoms. The standard InChI is InChI=1S/C15H27N3O/c1-5-9-18-12(7-8-17-18)11-16-13-10-14(19-6-2)15(13,3)4/h7-8,13-14,16H,5-6,9-11H2,1-4H3. The van der Waals surface area contributed by atoms with Crippen LogP contribution in [0.5, 0.6) is 0 Å². The second kappa shape index (κ2) is 6.06. The molecule has 0 amide bonds. The van der Waals surface area contributed by atoms with Gasteiger partial charge in [0.1, 0.15) is 0 Å². The minimum absolute atomic E-state index is 0.228. The van der Waals surface area contributed by atoms with Crippen molar-refractivity contribution in [3.8, 4) is 0 Å². The van der Waals surface area contributed by atoms with E-state index >= 15 is 0 Å². The van der Waals surface area contributed by atoms with Gasteiger partial charge in [-0.1, -0.05) is 20.8 Å². The van der Waals surface area contributed by atoms with Crippen molar-refractivity contribution in [2.75, 3.05) is 6.61 Å². The molecule has 0 spiro atoms. The van der Waals surface area contributed by atoms with Crippen LogP contribution in [0.15, 0.2) is 12.3 Å². The van der Waals surface area contributed by atoms with Crippen molar-refractivity contribution in [3.63, 3.8) is 0 Å². The van der Waals surface area contributed by atoms with Gasteiger partial charge >= 0.3 is 0 Å². The molecule has 0 aliphatic heterocycles. The van der Waals surface area contributed by atoms with Gasteiger partial charge in [0.05, 0.1) is 11.8 Å². The van der Waals surface area contributed by atoms with Gasteiger partial charge in [-0.3, -0.25) is 4.68 Å². The van der Waals surface area contributed by atoms with E-state index in [4.69, 9.17) is 4.74 Å². The van der Waals surface area contributed by atoms with Gasteiger partial charge in [0.2, 0.25) is 0 Å². The van der Waals surface area contributed by atoms with Crippen molar-refractivity contribution in [1.29, 1.82) is 0 Å². The highest BCUT2D eigenvalue weighted by Gasteiger charge is 2.48. The average Bonchev–Trinajstić information content (AvgIpc) is 2.81. The number of rotatable bonds is 7. The Kier molecular flexibility index (Phi) is 4.63. The van der Waals surface area contributed by atoms with Crippen LogP contribution in [0.4, 0.5) is 0 Å². The van der Waals surface area contributed by atoms with E-state index in [2.05, 4.69) is 48.9 Å². The molecule has 1 N–H and O–H groups in total. The molecule has 2 rings (SSSR count). The Balaban J connectivity index is 1.85. The van der Waals surface area contributed by atoms with Crippen molar-refractivity contribution in [3.05, 3.63) is 18.0 Å². The lowest BCUT2D eigenvalue weighted by Gasteiger charge is -2.52. The van der Waals surface area contributed by atoms with Crippen LogP contribution in [0, 0.1) is 5.41 Å². The maximum Gasteiger partial charge on any atom is 0.0655 e. The molecule has 2 atom stereocenters. The Morgan fingerprint density at radius 1 is 1.47 bits per heavy atom. The van der Waals surface area contributed by atoms with Gasteiger partial charge in [-0.15, -0.1) is 0 Å². The minimum atomic E-state index is 0.228. The molecule has 1 heterocycles. The monoisotopic (exact) mass is 265 g/mol. The summed E-state index contributed by atoms with van der Waals surface area (Å²) in [6, 6.07) is 2.64. The molecule has 1 aliphatic carbocycles. The van der Waals surface area contributed by atoms with Crippen LogP contribution < -0.4 is 5.32 Å². The summed E-state index contributed by atoms with van der Waals surface area (Å²) in [5.41, 5.74) is 1.50. The molecular weight excluding hydrogens is 238 g/mol. The Hall–Kier alpha value is -0.870. The van der Waals surface area contributed by atoms with Crippen LogP contribution in [0.3, 0.4) is 0 Å². The fourth-order valence-corrected chi connectivity index (χ4v) is 2.87. The van der Waals surface area contributed by atoms with Gasteiger partial charge < -0.3 is 10.1 Å². The highest BCUT2D eigenvalue weighted by Crippen LogP contribution is 2.42. The first-order chi connectivity index (χ1) is 9.09. The predicted molar refractivity (Wildman–Crippen MR) is 77.0 cm³/mol. The zero-order valence-corrected chi connectivity index (χ0v) is 12.6. The normalized spacial score (nSPS) is 25.3. The van der Waals surface area contributed by atoms with E-state index in [1.807, 2.05) is 6.20 Å². The van der Waals surface area contributed by atoms with E-state index in [0.29, 0.717) is 12.1 Å². The molecule has 0 saturated heterocycles. The van der Waals surface area contributed by atoms with Gasteiger partial charge in [0.25, 0.3) is 0 Å². The van der Waals surface area contributed by atoms with E-state index in [9.17, 15) is 0 Å².